The molecule has 1 aromatic heterocycles. The van der Waals surface area contributed by atoms with Crippen LogP contribution in [0.1, 0.15) is 15.6 Å². The number of rotatable bonds is 4. The van der Waals surface area contributed by atoms with Gasteiger partial charge in [-0.05, 0) is 24.2 Å². The molecule has 3 nitrogen and oxygen atoms in total. The predicted octanol–water partition coefficient (Wildman–Crippen LogP) is 2.94. The maximum absolute atomic E-state index is 5.95. The molecule has 0 saturated heterocycles. The summed E-state index contributed by atoms with van der Waals surface area (Å²) in [5.41, 5.74) is 6.54. The molecule has 17 heavy (non-hydrogen) atoms. The molecule has 0 unspecified atom stereocenters. The first-order valence-electron chi connectivity index (χ1n) is 5.14. The van der Waals surface area contributed by atoms with Gasteiger partial charge in [0.1, 0.15) is 10.0 Å². The molecular weight excluding hydrogens is 277 g/mol. The van der Waals surface area contributed by atoms with E-state index in [-0.39, 0.29) is 0 Å². The zero-order valence-electron chi connectivity index (χ0n) is 8.99. The third-order valence-corrected chi connectivity index (χ3v) is 3.93. The van der Waals surface area contributed by atoms with Crippen molar-refractivity contribution >= 4 is 34.5 Å². The fraction of sp³-hybridized carbons (Fsp3) is 0.273. The highest BCUT2D eigenvalue weighted by atomic mass is 35.5. The molecular formula is C11H11Cl2N3S. The largest absolute Gasteiger partial charge is 0.330 e. The van der Waals surface area contributed by atoms with Gasteiger partial charge in [0.15, 0.2) is 0 Å². The molecule has 0 aliphatic carbocycles. The number of nitrogens with two attached hydrogens (primary N) is 1. The Morgan fingerprint density at radius 3 is 2.59 bits per heavy atom. The van der Waals surface area contributed by atoms with E-state index >= 15 is 0 Å². The second kappa shape index (κ2) is 5.78. The SMILES string of the molecule is NCCc1nnc(Cc2ccc(Cl)c(Cl)c2)s1. The molecule has 0 radical (unpaired) electrons. The van der Waals surface area contributed by atoms with E-state index in [1.165, 1.54) is 0 Å². The van der Waals surface area contributed by atoms with E-state index < -0.39 is 0 Å². The molecule has 0 aliphatic rings. The molecule has 6 heteroatoms. The Morgan fingerprint density at radius 2 is 1.88 bits per heavy atom. The Bertz CT molecular complexity index is 513. The minimum absolute atomic E-state index is 0.566. The Kier molecular flexibility index (Phi) is 4.34. The molecule has 2 rings (SSSR count). The Labute approximate surface area is 114 Å². The van der Waals surface area contributed by atoms with Crippen LogP contribution >= 0.6 is 34.5 Å². The standard InChI is InChI=1S/C11H11Cl2N3S/c12-8-2-1-7(5-9(8)13)6-11-16-15-10(17-11)3-4-14/h1-2,5H,3-4,6,14H2. The van der Waals surface area contributed by atoms with E-state index in [0.717, 1.165) is 28.4 Å². The van der Waals surface area contributed by atoms with Gasteiger partial charge in [0.05, 0.1) is 10.0 Å². The molecule has 1 aromatic carbocycles. The quantitative estimate of drug-likeness (QED) is 0.941. The molecule has 1 heterocycles. The van der Waals surface area contributed by atoms with Crippen LogP contribution in [0.25, 0.3) is 0 Å². The number of aromatic nitrogens is 2. The first-order valence-corrected chi connectivity index (χ1v) is 6.71. The highest BCUT2D eigenvalue weighted by Crippen LogP contribution is 2.24. The third-order valence-electron chi connectivity index (χ3n) is 2.21. The number of benzene rings is 1. The molecule has 0 spiro atoms. The highest BCUT2D eigenvalue weighted by Gasteiger charge is 2.06. The summed E-state index contributed by atoms with van der Waals surface area (Å²) in [6.45, 7) is 0.599. The van der Waals surface area contributed by atoms with Gasteiger partial charge >= 0.3 is 0 Å². The van der Waals surface area contributed by atoms with Gasteiger partial charge < -0.3 is 5.73 Å². The van der Waals surface area contributed by atoms with Crippen LogP contribution in [0, 0.1) is 0 Å². The smallest absolute Gasteiger partial charge is 0.121 e. The zero-order chi connectivity index (χ0) is 12.3. The van der Waals surface area contributed by atoms with Gasteiger partial charge in [-0.15, -0.1) is 21.5 Å². The van der Waals surface area contributed by atoms with Crippen LogP contribution in [0.4, 0.5) is 0 Å². The van der Waals surface area contributed by atoms with Crippen molar-refractivity contribution in [3.63, 3.8) is 0 Å². The lowest BCUT2D eigenvalue weighted by Gasteiger charge is -2.00. The molecule has 90 valence electrons. The predicted molar refractivity (Wildman–Crippen MR) is 71.9 cm³/mol. The van der Waals surface area contributed by atoms with Gasteiger partial charge in [0, 0.05) is 12.8 Å². The first-order chi connectivity index (χ1) is 8.19. The average Bonchev–Trinajstić information content (AvgIpc) is 2.72. The third kappa shape index (κ3) is 3.39. The van der Waals surface area contributed by atoms with Crippen LogP contribution in [0.2, 0.25) is 10.0 Å². The topological polar surface area (TPSA) is 51.8 Å². The lowest BCUT2D eigenvalue weighted by atomic mass is 10.2. The lowest BCUT2D eigenvalue weighted by Crippen LogP contribution is -2.01. The van der Waals surface area contributed by atoms with Gasteiger partial charge in [0.2, 0.25) is 0 Å². The molecule has 2 aromatic rings. The summed E-state index contributed by atoms with van der Waals surface area (Å²) in [5, 5.41) is 11.3. The number of hydrogen-bond donors (Lipinski definition) is 1. The van der Waals surface area contributed by atoms with Crippen molar-refractivity contribution in [3.8, 4) is 0 Å². The van der Waals surface area contributed by atoms with E-state index in [1.54, 1.807) is 17.4 Å². The summed E-state index contributed by atoms with van der Waals surface area (Å²) >= 11 is 13.4. The monoisotopic (exact) mass is 287 g/mol. The zero-order valence-corrected chi connectivity index (χ0v) is 11.3. The van der Waals surface area contributed by atoms with Crippen molar-refractivity contribution in [2.24, 2.45) is 5.73 Å². The maximum Gasteiger partial charge on any atom is 0.121 e. The minimum atomic E-state index is 0.566. The molecule has 0 aliphatic heterocycles. The fourth-order valence-electron chi connectivity index (χ4n) is 1.41. The normalized spacial score (nSPS) is 10.8. The molecule has 0 bridgehead atoms. The fourth-order valence-corrected chi connectivity index (χ4v) is 2.62. The Hall–Kier alpha value is -0.680. The van der Waals surface area contributed by atoms with Crippen LogP contribution in [0.3, 0.4) is 0 Å². The Balaban J connectivity index is 2.11. The van der Waals surface area contributed by atoms with Crippen molar-refractivity contribution in [1.29, 1.82) is 0 Å². The van der Waals surface area contributed by atoms with E-state index in [2.05, 4.69) is 10.2 Å². The summed E-state index contributed by atoms with van der Waals surface area (Å²) < 4.78 is 0. The van der Waals surface area contributed by atoms with Gasteiger partial charge in [-0.2, -0.15) is 0 Å². The lowest BCUT2D eigenvalue weighted by molar-refractivity contribution is 0.898. The number of nitrogens with zero attached hydrogens (tertiary/aromatic N) is 2. The van der Waals surface area contributed by atoms with Gasteiger partial charge in [-0.3, -0.25) is 0 Å². The van der Waals surface area contributed by atoms with Crippen LogP contribution in [-0.4, -0.2) is 16.7 Å². The number of hydrogen-bond acceptors (Lipinski definition) is 4. The van der Waals surface area contributed by atoms with E-state index in [1.807, 2.05) is 12.1 Å². The molecule has 0 saturated carbocycles. The van der Waals surface area contributed by atoms with Crippen LogP contribution in [-0.2, 0) is 12.8 Å². The highest BCUT2D eigenvalue weighted by molar-refractivity contribution is 7.11. The number of halogens is 2. The van der Waals surface area contributed by atoms with Gasteiger partial charge in [-0.25, -0.2) is 0 Å². The Morgan fingerprint density at radius 1 is 1.12 bits per heavy atom. The van der Waals surface area contributed by atoms with Crippen molar-refractivity contribution in [2.45, 2.75) is 12.8 Å². The summed E-state index contributed by atoms with van der Waals surface area (Å²) in [7, 11) is 0. The van der Waals surface area contributed by atoms with E-state index in [4.69, 9.17) is 28.9 Å². The molecule has 0 fully saturated rings. The van der Waals surface area contributed by atoms with Crippen LogP contribution < -0.4 is 5.73 Å². The molecule has 2 N–H and O–H groups in total. The maximum atomic E-state index is 5.95. The van der Waals surface area contributed by atoms with Gasteiger partial charge in [0.25, 0.3) is 0 Å². The van der Waals surface area contributed by atoms with Gasteiger partial charge in [-0.1, -0.05) is 29.3 Å². The molecule has 0 amide bonds. The first kappa shape index (κ1) is 12.8. The summed E-state index contributed by atoms with van der Waals surface area (Å²) in [5.74, 6) is 0. The van der Waals surface area contributed by atoms with Crippen LogP contribution in [0.15, 0.2) is 18.2 Å². The van der Waals surface area contributed by atoms with Crippen LogP contribution in [0.5, 0.6) is 0 Å². The second-order valence-corrected chi connectivity index (χ2v) is 5.51. The minimum Gasteiger partial charge on any atom is -0.330 e. The van der Waals surface area contributed by atoms with Crippen molar-refractivity contribution in [1.82, 2.24) is 10.2 Å². The van der Waals surface area contributed by atoms with Crippen molar-refractivity contribution < 1.29 is 0 Å². The summed E-state index contributed by atoms with van der Waals surface area (Å²) in [6, 6.07) is 5.59. The van der Waals surface area contributed by atoms with Crippen molar-refractivity contribution in [3.05, 3.63) is 43.8 Å². The molecule has 0 atom stereocenters. The second-order valence-electron chi connectivity index (χ2n) is 3.55. The van der Waals surface area contributed by atoms with Crippen molar-refractivity contribution in [2.75, 3.05) is 6.54 Å². The summed E-state index contributed by atoms with van der Waals surface area (Å²) in [6.07, 6.45) is 1.50. The van der Waals surface area contributed by atoms with E-state index in [9.17, 15) is 0 Å². The average molecular weight is 288 g/mol. The van der Waals surface area contributed by atoms with E-state index in [0.29, 0.717) is 16.6 Å². The summed E-state index contributed by atoms with van der Waals surface area (Å²) in [4.78, 5) is 0.